The number of carbonyl (C=O) groups is 1. The fraction of sp³-hybridized carbons (Fsp3) is 0.600. The molecule has 0 spiro atoms. The van der Waals surface area contributed by atoms with E-state index in [0.29, 0.717) is 25.0 Å². The Morgan fingerprint density at radius 3 is 2.60 bits per heavy atom. The SMILES string of the molecule is Cc1ccc(CC(=O)C2CCCCC2C(F)(F)F)nc1. The lowest BCUT2D eigenvalue weighted by atomic mass is 9.75. The van der Waals surface area contributed by atoms with E-state index in [1.807, 2.05) is 13.0 Å². The van der Waals surface area contributed by atoms with Crippen LogP contribution in [0.25, 0.3) is 0 Å². The molecule has 0 aromatic carbocycles. The van der Waals surface area contributed by atoms with Gasteiger partial charge in [-0.3, -0.25) is 9.78 Å². The second-order valence-electron chi connectivity index (χ2n) is 5.51. The highest BCUT2D eigenvalue weighted by atomic mass is 19.4. The molecular formula is C15H18F3NO. The first kappa shape index (κ1) is 15.0. The summed E-state index contributed by atoms with van der Waals surface area (Å²) in [4.78, 5) is 16.3. The van der Waals surface area contributed by atoms with E-state index in [0.717, 1.165) is 5.56 Å². The number of carbonyl (C=O) groups excluding carboxylic acids is 1. The average Bonchev–Trinajstić information content (AvgIpc) is 2.40. The van der Waals surface area contributed by atoms with Gasteiger partial charge in [-0.25, -0.2) is 0 Å². The lowest BCUT2D eigenvalue weighted by Crippen LogP contribution is -2.37. The van der Waals surface area contributed by atoms with Crippen LogP contribution in [0.1, 0.15) is 36.9 Å². The van der Waals surface area contributed by atoms with Crippen LogP contribution in [0.4, 0.5) is 13.2 Å². The van der Waals surface area contributed by atoms with Gasteiger partial charge in [0.05, 0.1) is 5.92 Å². The standard InChI is InChI=1S/C15H18F3NO/c1-10-6-7-11(19-9-10)8-14(20)12-4-2-3-5-13(12)15(16,17)18/h6-7,9,12-13H,2-5,8H2,1H3. The number of pyridine rings is 1. The number of hydrogen-bond acceptors (Lipinski definition) is 2. The van der Waals surface area contributed by atoms with Gasteiger partial charge in [-0.05, 0) is 31.4 Å². The number of hydrogen-bond donors (Lipinski definition) is 0. The number of Topliss-reactive ketones (excluding diaryl/α,β-unsaturated/α-hetero) is 1. The summed E-state index contributed by atoms with van der Waals surface area (Å²) < 4.78 is 38.9. The second-order valence-corrected chi connectivity index (χ2v) is 5.51. The van der Waals surface area contributed by atoms with Gasteiger partial charge in [0.1, 0.15) is 5.78 Å². The first-order valence-electron chi connectivity index (χ1n) is 6.89. The van der Waals surface area contributed by atoms with Gasteiger partial charge in [0.25, 0.3) is 0 Å². The highest BCUT2D eigenvalue weighted by Gasteiger charge is 2.47. The third-order valence-corrected chi connectivity index (χ3v) is 3.93. The maximum Gasteiger partial charge on any atom is 0.392 e. The van der Waals surface area contributed by atoms with Crippen LogP contribution in [0.3, 0.4) is 0 Å². The second kappa shape index (κ2) is 5.94. The molecule has 2 unspecified atom stereocenters. The van der Waals surface area contributed by atoms with Crippen molar-refractivity contribution in [3.05, 3.63) is 29.6 Å². The van der Waals surface area contributed by atoms with Gasteiger partial charge < -0.3 is 0 Å². The zero-order valence-electron chi connectivity index (χ0n) is 11.4. The van der Waals surface area contributed by atoms with Crippen molar-refractivity contribution in [2.45, 2.75) is 45.2 Å². The molecule has 0 saturated heterocycles. The van der Waals surface area contributed by atoms with Gasteiger partial charge in [0, 0.05) is 24.2 Å². The first-order chi connectivity index (χ1) is 9.38. The van der Waals surface area contributed by atoms with Gasteiger partial charge in [-0.2, -0.15) is 13.2 Å². The van der Waals surface area contributed by atoms with Crippen molar-refractivity contribution in [1.82, 2.24) is 4.98 Å². The monoisotopic (exact) mass is 285 g/mol. The van der Waals surface area contributed by atoms with Gasteiger partial charge in [0.15, 0.2) is 0 Å². The molecule has 1 heterocycles. The number of ketones is 1. The maximum absolute atomic E-state index is 13.0. The van der Waals surface area contributed by atoms with Gasteiger partial charge in [0.2, 0.25) is 0 Å². The van der Waals surface area contributed by atoms with E-state index in [1.54, 1.807) is 12.3 Å². The fourth-order valence-electron chi connectivity index (χ4n) is 2.82. The summed E-state index contributed by atoms with van der Waals surface area (Å²) >= 11 is 0. The Labute approximate surface area is 116 Å². The van der Waals surface area contributed by atoms with Gasteiger partial charge in [-0.1, -0.05) is 18.9 Å². The largest absolute Gasteiger partial charge is 0.392 e. The fourth-order valence-corrected chi connectivity index (χ4v) is 2.82. The molecule has 0 radical (unpaired) electrons. The van der Waals surface area contributed by atoms with E-state index in [9.17, 15) is 18.0 Å². The minimum atomic E-state index is -4.28. The summed E-state index contributed by atoms with van der Waals surface area (Å²) in [6.07, 6.45) is -0.985. The Hall–Kier alpha value is -1.39. The predicted molar refractivity (Wildman–Crippen MR) is 69.2 cm³/mol. The highest BCUT2D eigenvalue weighted by Crippen LogP contribution is 2.42. The molecule has 0 aliphatic heterocycles. The molecular weight excluding hydrogens is 267 g/mol. The van der Waals surface area contributed by atoms with Crippen molar-refractivity contribution in [3.63, 3.8) is 0 Å². The molecule has 1 fully saturated rings. The third-order valence-electron chi connectivity index (χ3n) is 3.93. The van der Waals surface area contributed by atoms with Gasteiger partial charge >= 0.3 is 6.18 Å². The van der Waals surface area contributed by atoms with Crippen LogP contribution in [0.2, 0.25) is 0 Å². The lowest BCUT2D eigenvalue weighted by Gasteiger charge is -2.31. The van der Waals surface area contributed by atoms with Crippen LogP contribution in [-0.4, -0.2) is 16.9 Å². The normalized spacial score (nSPS) is 23.6. The molecule has 1 aromatic rings. The molecule has 110 valence electrons. The molecule has 2 nitrogen and oxygen atoms in total. The van der Waals surface area contributed by atoms with Gasteiger partial charge in [-0.15, -0.1) is 0 Å². The van der Waals surface area contributed by atoms with Crippen LogP contribution in [-0.2, 0) is 11.2 Å². The van der Waals surface area contributed by atoms with E-state index >= 15 is 0 Å². The van der Waals surface area contributed by atoms with Crippen molar-refractivity contribution < 1.29 is 18.0 Å². The zero-order valence-corrected chi connectivity index (χ0v) is 11.4. The Morgan fingerprint density at radius 2 is 2.00 bits per heavy atom. The number of rotatable bonds is 3. The van der Waals surface area contributed by atoms with Crippen LogP contribution in [0, 0.1) is 18.8 Å². The smallest absolute Gasteiger partial charge is 0.299 e. The Morgan fingerprint density at radius 1 is 1.30 bits per heavy atom. The molecule has 0 bridgehead atoms. The van der Waals surface area contributed by atoms with Crippen LogP contribution in [0.5, 0.6) is 0 Å². The minimum absolute atomic E-state index is 0.00245. The summed E-state index contributed by atoms with van der Waals surface area (Å²) in [5, 5.41) is 0. The molecule has 0 N–H and O–H groups in total. The van der Waals surface area contributed by atoms with Crippen molar-refractivity contribution in [2.24, 2.45) is 11.8 Å². The lowest BCUT2D eigenvalue weighted by molar-refractivity contribution is -0.197. The van der Waals surface area contributed by atoms with E-state index in [2.05, 4.69) is 4.98 Å². The summed E-state index contributed by atoms with van der Waals surface area (Å²) in [7, 11) is 0. The quantitative estimate of drug-likeness (QED) is 0.843. The van der Waals surface area contributed by atoms with Crippen molar-refractivity contribution in [1.29, 1.82) is 0 Å². The summed E-state index contributed by atoms with van der Waals surface area (Å²) in [5.74, 6) is -2.70. The predicted octanol–water partition coefficient (Wildman–Crippen LogP) is 3.87. The van der Waals surface area contributed by atoms with E-state index in [1.165, 1.54) is 0 Å². The molecule has 2 rings (SSSR count). The Bertz CT molecular complexity index is 467. The Balaban J connectivity index is 2.08. The molecule has 0 amide bonds. The molecule has 1 aliphatic carbocycles. The molecule has 20 heavy (non-hydrogen) atoms. The molecule has 1 aliphatic rings. The van der Waals surface area contributed by atoms with Crippen molar-refractivity contribution >= 4 is 5.78 Å². The highest BCUT2D eigenvalue weighted by molar-refractivity contribution is 5.83. The summed E-state index contributed by atoms with van der Waals surface area (Å²) in [6, 6.07) is 3.52. The molecule has 2 atom stereocenters. The van der Waals surface area contributed by atoms with Crippen molar-refractivity contribution in [3.8, 4) is 0 Å². The van der Waals surface area contributed by atoms with E-state index in [-0.39, 0.29) is 18.6 Å². The zero-order chi connectivity index (χ0) is 14.8. The van der Waals surface area contributed by atoms with Crippen molar-refractivity contribution in [2.75, 3.05) is 0 Å². The topological polar surface area (TPSA) is 30.0 Å². The minimum Gasteiger partial charge on any atom is -0.299 e. The Kier molecular flexibility index (Phi) is 4.45. The van der Waals surface area contributed by atoms with Crippen LogP contribution >= 0.6 is 0 Å². The number of nitrogens with zero attached hydrogens (tertiary/aromatic N) is 1. The third kappa shape index (κ3) is 3.58. The maximum atomic E-state index is 13.0. The number of aromatic nitrogens is 1. The molecule has 1 saturated carbocycles. The molecule has 1 aromatic heterocycles. The average molecular weight is 285 g/mol. The van der Waals surface area contributed by atoms with E-state index < -0.39 is 18.0 Å². The first-order valence-corrected chi connectivity index (χ1v) is 6.89. The van der Waals surface area contributed by atoms with Crippen LogP contribution in [0.15, 0.2) is 18.3 Å². The summed E-state index contributed by atoms with van der Waals surface area (Å²) in [6.45, 7) is 1.87. The number of alkyl halides is 3. The number of halogens is 3. The number of aryl methyl sites for hydroxylation is 1. The molecule has 5 heteroatoms. The van der Waals surface area contributed by atoms with Crippen LogP contribution < -0.4 is 0 Å². The van der Waals surface area contributed by atoms with E-state index in [4.69, 9.17) is 0 Å². The summed E-state index contributed by atoms with van der Waals surface area (Å²) in [5.41, 5.74) is 1.51.